The molecule has 0 bridgehead atoms. The molecular formula is C19H19F4N5O3. The standard InChI is InChI=1S/C19H19F4N5O3/c1-10-7-15-12(16-17(29)26(2)31-6-5-28(16)25-15)9-27(10)18(30)24-11-3-4-14(20)13(8-11)19(21,22)23/h3-4,8,10H,5-7,9H2,1-2H3,(H,24,30)/t10-/m1/s1. The lowest BCUT2D eigenvalue weighted by Gasteiger charge is -2.33. The van der Waals surface area contributed by atoms with Crippen molar-refractivity contribution in [3.05, 3.63) is 46.5 Å². The number of nitrogens with one attached hydrogen (secondary N) is 1. The zero-order chi connectivity index (χ0) is 22.5. The number of nitrogens with zero attached hydrogens (tertiary/aromatic N) is 4. The minimum atomic E-state index is -4.89. The van der Waals surface area contributed by atoms with Crippen LogP contribution in [-0.2, 0) is 30.5 Å². The fraction of sp³-hybridized carbons (Fsp3) is 0.421. The van der Waals surface area contributed by atoms with Crippen molar-refractivity contribution in [2.75, 3.05) is 19.0 Å². The number of alkyl halides is 3. The number of fused-ring (bicyclic) bond motifs is 3. The number of benzene rings is 1. The highest BCUT2D eigenvalue weighted by Crippen LogP contribution is 2.33. The third-order valence-corrected chi connectivity index (χ3v) is 5.34. The molecule has 166 valence electrons. The molecule has 1 aromatic heterocycles. The summed E-state index contributed by atoms with van der Waals surface area (Å²) in [5.74, 6) is -1.82. The second kappa shape index (κ2) is 7.52. The maximum absolute atomic E-state index is 13.5. The smallest absolute Gasteiger partial charge is 0.317 e. The third kappa shape index (κ3) is 3.82. The van der Waals surface area contributed by atoms with Crippen LogP contribution in [0.2, 0.25) is 0 Å². The Labute approximate surface area is 174 Å². The van der Waals surface area contributed by atoms with Crippen molar-refractivity contribution < 1.29 is 32.0 Å². The van der Waals surface area contributed by atoms with Crippen molar-refractivity contribution in [3.63, 3.8) is 0 Å². The average molecular weight is 441 g/mol. The predicted molar refractivity (Wildman–Crippen MR) is 99.4 cm³/mol. The molecule has 0 aliphatic carbocycles. The van der Waals surface area contributed by atoms with Crippen molar-refractivity contribution in [2.45, 2.75) is 38.7 Å². The molecule has 12 heteroatoms. The van der Waals surface area contributed by atoms with E-state index in [4.69, 9.17) is 4.84 Å². The molecule has 31 heavy (non-hydrogen) atoms. The van der Waals surface area contributed by atoms with Crippen molar-refractivity contribution in [1.29, 1.82) is 0 Å². The first-order chi connectivity index (χ1) is 14.6. The number of rotatable bonds is 1. The van der Waals surface area contributed by atoms with Crippen LogP contribution in [0.5, 0.6) is 0 Å². The highest BCUT2D eigenvalue weighted by Gasteiger charge is 2.37. The number of anilines is 1. The van der Waals surface area contributed by atoms with Crippen molar-refractivity contribution in [1.82, 2.24) is 19.7 Å². The Morgan fingerprint density at radius 1 is 1.32 bits per heavy atom. The van der Waals surface area contributed by atoms with Crippen LogP contribution in [0.25, 0.3) is 0 Å². The summed E-state index contributed by atoms with van der Waals surface area (Å²) in [5.41, 5.74) is -0.0625. The van der Waals surface area contributed by atoms with Gasteiger partial charge in [0.1, 0.15) is 11.5 Å². The van der Waals surface area contributed by atoms with Gasteiger partial charge in [-0.25, -0.2) is 14.2 Å². The van der Waals surface area contributed by atoms with E-state index in [1.807, 2.05) is 0 Å². The number of carbonyl (C=O) groups is 2. The molecule has 1 aromatic carbocycles. The van der Waals surface area contributed by atoms with Gasteiger partial charge in [-0.1, -0.05) is 0 Å². The van der Waals surface area contributed by atoms with Gasteiger partial charge in [0.05, 0.1) is 31.0 Å². The maximum Gasteiger partial charge on any atom is 0.419 e. The van der Waals surface area contributed by atoms with Crippen molar-refractivity contribution in [2.24, 2.45) is 0 Å². The summed E-state index contributed by atoms with van der Waals surface area (Å²) in [6.07, 6.45) is -4.51. The summed E-state index contributed by atoms with van der Waals surface area (Å²) in [5, 5.41) is 7.98. The number of hydrogen-bond acceptors (Lipinski definition) is 4. The van der Waals surface area contributed by atoms with Gasteiger partial charge in [-0.3, -0.25) is 14.3 Å². The number of carbonyl (C=O) groups excluding carboxylic acids is 2. The van der Waals surface area contributed by atoms with E-state index in [0.717, 1.165) is 11.1 Å². The molecule has 4 rings (SSSR count). The molecule has 0 radical (unpaired) electrons. The topological polar surface area (TPSA) is 79.7 Å². The molecule has 1 atom stereocenters. The van der Waals surface area contributed by atoms with Gasteiger partial charge in [-0.15, -0.1) is 0 Å². The van der Waals surface area contributed by atoms with E-state index in [0.29, 0.717) is 42.0 Å². The van der Waals surface area contributed by atoms with Gasteiger partial charge >= 0.3 is 12.2 Å². The Hall–Kier alpha value is -3.15. The molecule has 1 N–H and O–H groups in total. The van der Waals surface area contributed by atoms with Crippen molar-refractivity contribution >= 4 is 17.6 Å². The minimum absolute atomic E-state index is 0.0462. The van der Waals surface area contributed by atoms with Crippen LogP contribution in [0.3, 0.4) is 0 Å². The summed E-state index contributed by atoms with van der Waals surface area (Å²) < 4.78 is 53.9. The SMILES string of the molecule is C[C@@H]1Cc2nn3c(c2CN1C(=O)Nc1ccc(F)c(C(F)(F)F)c1)C(=O)N(C)OCC3. The number of aromatic nitrogens is 2. The summed E-state index contributed by atoms with van der Waals surface area (Å²) >= 11 is 0. The molecule has 3 heterocycles. The first-order valence-corrected chi connectivity index (χ1v) is 9.50. The van der Waals surface area contributed by atoms with E-state index >= 15 is 0 Å². The van der Waals surface area contributed by atoms with Crippen LogP contribution in [0.1, 0.15) is 34.2 Å². The van der Waals surface area contributed by atoms with Gasteiger partial charge in [0, 0.05) is 30.8 Å². The van der Waals surface area contributed by atoms with E-state index < -0.39 is 29.5 Å². The molecule has 0 saturated heterocycles. The first-order valence-electron chi connectivity index (χ1n) is 9.50. The lowest BCUT2D eigenvalue weighted by atomic mass is 9.99. The number of hydrogen-bond donors (Lipinski definition) is 1. The Kier molecular flexibility index (Phi) is 5.12. The zero-order valence-corrected chi connectivity index (χ0v) is 16.7. The van der Waals surface area contributed by atoms with Gasteiger partial charge in [0.2, 0.25) is 0 Å². The summed E-state index contributed by atoms with van der Waals surface area (Å²) in [6, 6.07) is 1.28. The largest absolute Gasteiger partial charge is 0.419 e. The Balaban J connectivity index is 1.59. The van der Waals surface area contributed by atoms with Crippen LogP contribution in [0.4, 0.5) is 28.0 Å². The third-order valence-electron chi connectivity index (χ3n) is 5.34. The van der Waals surface area contributed by atoms with Crippen LogP contribution in [0.15, 0.2) is 18.2 Å². The van der Waals surface area contributed by atoms with Crippen LogP contribution in [0, 0.1) is 5.82 Å². The monoisotopic (exact) mass is 441 g/mol. The molecule has 0 saturated carbocycles. The summed E-state index contributed by atoms with van der Waals surface area (Å²) in [7, 11) is 1.49. The quantitative estimate of drug-likeness (QED) is 0.690. The van der Waals surface area contributed by atoms with Crippen LogP contribution in [-0.4, -0.2) is 51.4 Å². The molecular weight excluding hydrogens is 422 g/mol. The highest BCUT2D eigenvalue weighted by molar-refractivity contribution is 5.94. The van der Waals surface area contributed by atoms with E-state index in [1.54, 1.807) is 11.6 Å². The Morgan fingerprint density at radius 3 is 2.77 bits per heavy atom. The molecule has 2 aliphatic heterocycles. The normalized spacial score (nSPS) is 19.0. The maximum atomic E-state index is 13.5. The number of hydroxylamine groups is 2. The zero-order valence-electron chi connectivity index (χ0n) is 16.7. The molecule has 0 fully saturated rings. The van der Waals surface area contributed by atoms with Crippen molar-refractivity contribution in [3.8, 4) is 0 Å². The average Bonchev–Trinajstić information content (AvgIpc) is 2.97. The van der Waals surface area contributed by atoms with Gasteiger partial charge < -0.3 is 10.2 Å². The molecule has 0 spiro atoms. The fourth-order valence-electron chi connectivity index (χ4n) is 3.76. The van der Waals surface area contributed by atoms with E-state index in [1.165, 1.54) is 11.9 Å². The predicted octanol–water partition coefficient (Wildman–Crippen LogP) is 3.04. The van der Waals surface area contributed by atoms with E-state index in [2.05, 4.69) is 10.4 Å². The van der Waals surface area contributed by atoms with Gasteiger partial charge in [-0.2, -0.15) is 18.3 Å². The van der Waals surface area contributed by atoms with Crippen LogP contribution < -0.4 is 5.32 Å². The van der Waals surface area contributed by atoms with Gasteiger partial charge in [-0.05, 0) is 25.1 Å². The second-order valence-corrected chi connectivity index (χ2v) is 7.44. The fourth-order valence-corrected chi connectivity index (χ4v) is 3.76. The molecule has 3 amide bonds. The highest BCUT2D eigenvalue weighted by atomic mass is 19.4. The molecule has 2 aromatic rings. The Bertz CT molecular complexity index is 1050. The second-order valence-electron chi connectivity index (χ2n) is 7.44. The minimum Gasteiger partial charge on any atom is -0.317 e. The molecule has 2 aliphatic rings. The molecule has 8 nitrogen and oxygen atoms in total. The first kappa shape index (κ1) is 21.1. The number of halogens is 4. The van der Waals surface area contributed by atoms with E-state index in [9.17, 15) is 27.2 Å². The van der Waals surface area contributed by atoms with Gasteiger partial charge in [0.15, 0.2) is 0 Å². The Morgan fingerprint density at radius 2 is 2.06 bits per heavy atom. The number of amides is 3. The summed E-state index contributed by atoms with van der Waals surface area (Å²) in [4.78, 5) is 32.2. The lowest BCUT2D eigenvalue weighted by molar-refractivity contribution is -0.139. The van der Waals surface area contributed by atoms with E-state index in [-0.39, 0.29) is 24.9 Å². The number of urea groups is 1. The van der Waals surface area contributed by atoms with Crippen LogP contribution >= 0.6 is 0 Å². The molecule has 0 unspecified atom stereocenters. The van der Waals surface area contributed by atoms with Gasteiger partial charge in [0.25, 0.3) is 5.91 Å². The summed E-state index contributed by atoms with van der Waals surface area (Å²) in [6.45, 7) is 2.46. The lowest BCUT2D eigenvalue weighted by Crippen LogP contribution is -2.45.